The highest BCUT2D eigenvalue weighted by Gasteiger charge is 2.12. The van der Waals surface area contributed by atoms with Gasteiger partial charge in [-0.05, 0) is 42.6 Å². The molecule has 24 heavy (non-hydrogen) atoms. The maximum absolute atomic E-state index is 13.0. The number of halogens is 1. The lowest BCUT2D eigenvalue weighted by Crippen LogP contribution is -2.27. The van der Waals surface area contributed by atoms with Crippen LogP contribution in [0.15, 0.2) is 46.2 Å². The van der Waals surface area contributed by atoms with Gasteiger partial charge in [0, 0.05) is 23.4 Å². The van der Waals surface area contributed by atoms with Crippen LogP contribution in [0.5, 0.6) is 0 Å². The number of hydrogen-bond acceptors (Lipinski definition) is 4. The number of carbonyl (C=O) groups is 1. The Kier molecular flexibility index (Phi) is 5.05. The van der Waals surface area contributed by atoms with Crippen LogP contribution >= 0.6 is 11.3 Å². The molecule has 3 aromatic rings. The molecule has 1 amide bonds. The first-order chi connectivity index (χ1) is 11.6. The second-order valence-electron chi connectivity index (χ2n) is 5.38. The van der Waals surface area contributed by atoms with Crippen LogP contribution < -0.4 is 5.32 Å². The Morgan fingerprint density at radius 1 is 1.29 bits per heavy atom. The van der Waals surface area contributed by atoms with Crippen LogP contribution in [0.1, 0.15) is 16.3 Å². The lowest BCUT2D eigenvalue weighted by atomic mass is 10.2. The van der Waals surface area contributed by atoms with Crippen molar-refractivity contribution in [1.82, 2.24) is 10.3 Å². The van der Waals surface area contributed by atoms with Crippen molar-refractivity contribution in [3.05, 3.63) is 63.9 Å². The van der Waals surface area contributed by atoms with Gasteiger partial charge in [0.25, 0.3) is 0 Å². The summed E-state index contributed by atoms with van der Waals surface area (Å²) in [5.74, 6) is 0.877. The highest BCUT2D eigenvalue weighted by molar-refractivity contribution is 7.10. The number of amides is 1. The number of aryl methyl sites for hydroxylation is 1. The lowest BCUT2D eigenvalue weighted by molar-refractivity contribution is -0.120. The van der Waals surface area contributed by atoms with E-state index in [1.165, 1.54) is 12.1 Å². The van der Waals surface area contributed by atoms with Gasteiger partial charge in [-0.2, -0.15) is 0 Å². The van der Waals surface area contributed by atoms with Crippen molar-refractivity contribution < 1.29 is 13.6 Å². The number of benzene rings is 1. The van der Waals surface area contributed by atoms with Crippen molar-refractivity contribution in [2.45, 2.75) is 19.8 Å². The summed E-state index contributed by atoms with van der Waals surface area (Å²) in [4.78, 5) is 17.3. The van der Waals surface area contributed by atoms with Gasteiger partial charge in [0.15, 0.2) is 0 Å². The van der Waals surface area contributed by atoms with Crippen LogP contribution in [0.2, 0.25) is 0 Å². The first-order valence-electron chi connectivity index (χ1n) is 7.63. The number of rotatable bonds is 6. The second-order valence-corrected chi connectivity index (χ2v) is 6.42. The number of oxazole rings is 1. The molecular weight excluding hydrogens is 327 g/mol. The fraction of sp³-hybridized carbons (Fsp3) is 0.222. The van der Waals surface area contributed by atoms with Crippen molar-refractivity contribution in [3.63, 3.8) is 0 Å². The van der Waals surface area contributed by atoms with Gasteiger partial charge in [-0.25, -0.2) is 9.37 Å². The van der Waals surface area contributed by atoms with E-state index < -0.39 is 0 Å². The number of thiophene rings is 1. The molecule has 0 saturated heterocycles. The quantitative estimate of drug-likeness (QED) is 0.741. The first-order valence-corrected chi connectivity index (χ1v) is 8.51. The van der Waals surface area contributed by atoms with E-state index in [1.807, 2.05) is 24.4 Å². The predicted octanol–water partition coefficient (Wildman–Crippen LogP) is 3.75. The summed E-state index contributed by atoms with van der Waals surface area (Å²) < 4.78 is 18.6. The van der Waals surface area contributed by atoms with E-state index in [4.69, 9.17) is 4.42 Å². The minimum absolute atomic E-state index is 0.00245. The van der Waals surface area contributed by atoms with Crippen LogP contribution in [0.4, 0.5) is 4.39 Å². The van der Waals surface area contributed by atoms with E-state index in [9.17, 15) is 9.18 Å². The van der Waals surface area contributed by atoms with Crippen LogP contribution in [-0.2, 0) is 17.6 Å². The molecule has 0 saturated carbocycles. The average Bonchev–Trinajstić information content (AvgIpc) is 3.18. The van der Waals surface area contributed by atoms with Gasteiger partial charge in [0.05, 0.1) is 12.1 Å². The summed E-state index contributed by atoms with van der Waals surface area (Å²) in [5.41, 5.74) is 1.53. The Morgan fingerprint density at radius 3 is 2.79 bits per heavy atom. The fourth-order valence-corrected chi connectivity index (χ4v) is 3.03. The summed E-state index contributed by atoms with van der Waals surface area (Å²) in [6, 6.07) is 9.89. The van der Waals surface area contributed by atoms with Crippen LogP contribution in [0.25, 0.3) is 11.5 Å². The number of nitrogens with one attached hydrogen (secondary N) is 1. The third-order valence-electron chi connectivity index (χ3n) is 3.58. The SMILES string of the molecule is Cc1oc(-c2ccc(F)cc2)nc1CCNC(=O)Cc1cccs1. The molecule has 0 radical (unpaired) electrons. The Morgan fingerprint density at radius 2 is 2.08 bits per heavy atom. The smallest absolute Gasteiger partial charge is 0.226 e. The lowest BCUT2D eigenvalue weighted by Gasteiger charge is -2.02. The number of aromatic nitrogens is 1. The maximum atomic E-state index is 13.0. The molecule has 2 aromatic heterocycles. The molecule has 2 heterocycles. The van der Waals surface area contributed by atoms with Crippen molar-refractivity contribution in [2.75, 3.05) is 6.54 Å². The monoisotopic (exact) mass is 344 g/mol. The topological polar surface area (TPSA) is 55.1 Å². The van der Waals surface area contributed by atoms with Crippen molar-refractivity contribution >= 4 is 17.2 Å². The van der Waals surface area contributed by atoms with Crippen molar-refractivity contribution in [1.29, 1.82) is 0 Å². The number of nitrogens with zero attached hydrogens (tertiary/aromatic N) is 1. The summed E-state index contributed by atoms with van der Waals surface area (Å²) in [6.07, 6.45) is 0.989. The van der Waals surface area contributed by atoms with Crippen LogP contribution in [0, 0.1) is 12.7 Å². The molecule has 6 heteroatoms. The Labute approximate surface area is 143 Å². The summed E-state index contributed by atoms with van der Waals surface area (Å²) in [6.45, 7) is 2.34. The molecule has 1 N–H and O–H groups in total. The molecule has 3 rings (SSSR count). The normalized spacial score (nSPS) is 10.8. The molecule has 0 fully saturated rings. The largest absolute Gasteiger partial charge is 0.441 e. The molecule has 0 bridgehead atoms. The van der Waals surface area contributed by atoms with Gasteiger partial charge in [-0.3, -0.25) is 4.79 Å². The molecule has 0 spiro atoms. The van der Waals surface area contributed by atoms with E-state index in [1.54, 1.807) is 23.5 Å². The Hall–Kier alpha value is -2.47. The minimum atomic E-state index is -0.296. The van der Waals surface area contributed by atoms with Gasteiger partial charge in [-0.15, -0.1) is 11.3 Å². The van der Waals surface area contributed by atoms with E-state index in [0.717, 1.165) is 16.1 Å². The van der Waals surface area contributed by atoms with Crippen molar-refractivity contribution in [2.24, 2.45) is 0 Å². The highest BCUT2D eigenvalue weighted by Crippen LogP contribution is 2.22. The van der Waals surface area contributed by atoms with Gasteiger partial charge >= 0.3 is 0 Å². The molecule has 1 aromatic carbocycles. The average molecular weight is 344 g/mol. The van der Waals surface area contributed by atoms with Gasteiger partial charge in [-0.1, -0.05) is 6.07 Å². The zero-order valence-corrected chi connectivity index (χ0v) is 14.0. The number of carbonyl (C=O) groups excluding carboxylic acids is 1. The van der Waals surface area contributed by atoms with E-state index >= 15 is 0 Å². The summed E-state index contributed by atoms with van der Waals surface area (Å²) >= 11 is 1.57. The minimum Gasteiger partial charge on any atom is -0.441 e. The molecule has 0 atom stereocenters. The third kappa shape index (κ3) is 4.08. The van der Waals surface area contributed by atoms with Crippen LogP contribution in [0.3, 0.4) is 0 Å². The number of hydrogen-bond donors (Lipinski definition) is 1. The summed E-state index contributed by atoms with van der Waals surface area (Å²) in [7, 11) is 0. The van der Waals surface area contributed by atoms with Gasteiger partial charge < -0.3 is 9.73 Å². The molecule has 4 nitrogen and oxygen atoms in total. The van der Waals surface area contributed by atoms with Gasteiger partial charge in [0.2, 0.25) is 11.8 Å². The Bertz CT molecular complexity index is 810. The van der Waals surface area contributed by atoms with Crippen LogP contribution in [-0.4, -0.2) is 17.4 Å². The molecule has 124 valence electrons. The van der Waals surface area contributed by atoms with Crippen molar-refractivity contribution in [3.8, 4) is 11.5 Å². The summed E-state index contributed by atoms with van der Waals surface area (Å²) in [5, 5.41) is 4.85. The van der Waals surface area contributed by atoms with E-state index in [-0.39, 0.29) is 11.7 Å². The predicted molar refractivity (Wildman–Crippen MR) is 91.4 cm³/mol. The van der Waals surface area contributed by atoms with E-state index in [0.29, 0.717) is 31.0 Å². The van der Waals surface area contributed by atoms with Gasteiger partial charge in [0.1, 0.15) is 11.6 Å². The first kappa shape index (κ1) is 16.4. The fourth-order valence-electron chi connectivity index (χ4n) is 2.33. The maximum Gasteiger partial charge on any atom is 0.226 e. The highest BCUT2D eigenvalue weighted by atomic mass is 32.1. The zero-order chi connectivity index (χ0) is 16.9. The Balaban J connectivity index is 1.56. The molecule has 0 unspecified atom stereocenters. The zero-order valence-electron chi connectivity index (χ0n) is 13.2. The molecule has 0 aliphatic rings. The molecular formula is C18H17FN2O2S. The third-order valence-corrected chi connectivity index (χ3v) is 4.46. The molecule has 0 aliphatic heterocycles. The second kappa shape index (κ2) is 7.40. The molecule has 0 aliphatic carbocycles. The van der Waals surface area contributed by atoms with E-state index in [2.05, 4.69) is 10.3 Å². The standard InChI is InChI=1S/C18H17FN2O2S/c1-12-16(8-9-20-17(22)11-15-3-2-10-24-15)21-18(23-12)13-4-6-14(19)7-5-13/h2-7,10H,8-9,11H2,1H3,(H,20,22).